The quantitative estimate of drug-likeness (QED) is 0.911. The number of nitrogens with zero attached hydrogens (tertiary/aromatic N) is 1. The zero-order chi connectivity index (χ0) is 14.6. The largest absolute Gasteiger partial charge is 0.390 e. The molecule has 0 bridgehead atoms. The van der Waals surface area contributed by atoms with Gasteiger partial charge in [-0.2, -0.15) is 13.2 Å². The summed E-state index contributed by atoms with van der Waals surface area (Å²) in [5.74, 6) is 0. The molecule has 0 unspecified atom stereocenters. The van der Waals surface area contributed by atoms with Crippen LogP contribution in [0.1, 0.15) is 32.1 Å². The van der Waals surface area contributed by atoms with Crippen LogP contribution in [0, 0.1) is 0 Å². The Morgan fingerprint density at radius 1 is 1.10 bits per heavy atom. The van der Waals surface area contributed by atoms with Crippen molar-refractivity contribution in [3.63, 3.8) is 0 Å². The zero-order valence-electron chi connectivity index (χ0n) is 11.4. The predicted molar refractivity (Wildman–Crippen MR) is 72.7 cm³/mol. The van der Waals surface area contributed by atoms with E-state index in [-0.39, 0.29) is 12.8 Å². The Bertz CT molecular complexity index is 411. The van der Waals surface area contributed by atoms with E-state index in [2.05, 4.69) is 4.90 Å². The van der Waals surface area contributed by atoms with Crippen LogP contribution < -0.4 is 4.90 Å². The molecule has 20 heavy (non-hydrogen) atoms. The minimum absolute atomic E-state index is 0.00529. The maximum Gasteiger partial charge on any atom is 0.389 e. The number of alkyl halides is 3. The SMILES string of the molecule is OC1(CCCC(F)(F)F)CCN(c2ccccc2)CC1. The Morgan fingerprint density at radius 2 is 1.70 bits per heavy atom. The molecule has 0 atom stereocenters. The molecule has 1 saturated heterocycles. The van der Waals surface area contributed by atoms with Crippen molar-refractivity contribution in [2.24, 2.45) is 0 Å². The van der Waals surface area contributed by atoms with Crippen LogP contribution in [0.5, 0.6) is 0 Å². The molecule has 1 N–H and O–H groups in total. The van der Waals surface area contributed by atoms with Gasteiger partial charge in [0.25, 0.3) is 0 Å². The molecule has 0 aromatic heterocycles. The molecule has 2 rings (SSSR count). The fourth-order valence-corrected chi connectivity index (χ4v) is 2.69. The average molecular weight is 287 g/mol. The number of aliphatic hydroxyl groups is 1. The molecule has 0 amide bonds. The summed E-state index contributed by atoms with van der Waals surface area (Å²) in [6.07, 6.45) is -3.64. The summed E-state index contributed by atoms with van der Waals surface area (Å²) in [7, 11) is 0. The molecule has 1 aromatic carbocycles. The standard InChI is InChI=1S/C15H20F3NO/c16-15(17,18)8-4-7-14(20)9-11-19(12-10-14)13-5-2-1-3-6-13/h1-3,5-6,20H,4,7-12H2. The number of piperidine rings is 1. The molecule has 2 nitrogen and oxygen atoms in total. The Morgan fingerprint density at radius 3 is 2.25 bits per heavy atom. The van der Waals surface area contributed by atoms with E-state index in [1.165, 1.54) is 0 Å². The molecule has 0 radical (unpaired) electrons. The summed E-state index contributed by atoms with van der Waals surface area (Å²) in [6, 6.07) is 9.88. The fraction of sp³-hybridized carbons (Fsp3) is 0.600. The van der Waals surface area contributed by atoms with Crippen molar-refractivity contribution in [1.82, 2.24) is 0 Å². The number of rotatable bonds is 4. The van der Waals surface area contributed by atoms with Crippen LogP contribution in [0.3, 0.4) is 0 Å². The van der Waals surface area contributed by atoms with E-state index in [0.29, 0.717) is 25.9 Å². The van der Waals surface area contributed by atoms with Crippen molar-refractivity contribution in [3.8, 4) is 0 Å². The van der Waals surface area contributed by atoms with Gasteiger partial charge in [0, 0.05) is 25.2 Å². The molecule has 1 aromatic rings. The van der Waals surface area contributed by atoms with Gasteiger partial charge in [-0.15, -0.1) is 0 Å². The first kappa shape index (κ1) is 15.2. The Balaban J connectivity index is 1.81. The average Bonchev–Trinajstić information content (AvgIpc) is 2.39. The summed E-state index contributed by atoms with van der Waals surface area (Å²) in [5, 5.41) is 10.3. The number of hydrogen-bond acceptors (Lipinski definition) is 2. The van der Waals surface area contributed by atoms with Gasteiger partial charge in [0.2, 0.25) is 0 Å². The van der Waals surface area contributed by atoms with E-state index in [4.69, 9.17) is 0 Å². The maximum atomic E-state index is 12.1. The molecule has 0 saturated carbocycles. The lowest BCUT2D eigenvalue weighted by molar-refractivity contribution is -0.138. The summed E-state index contributed by atoms with van der Waals surface area (Å²) in [4.78, 5) is 2.16. The van der Waals surface area contributed by atoms with Crippen LogP contribution in [-0.4, -0.2) is 30.0 Å². The summed E-state index contributed by atoms with van der Waals surface area (Å²) < 4.78 is 36.4. The Labute approximate surface area is 117 Å². The lowest BCUT2D eigenvalue weighted by atomic mass is 9.86. The first-order valence-corrected chi connectivity index (χ1v) is 6.97. The van der Waals surface area contributed by atoms with Crippen LogP contribution in [0.15, 0.2) is 30.3 Å². The second kappa shape index (κ2) is 6.04. The topological polar surface area (TPSA) is 23.5 Å². The van der Waals surface area contributed by atoms with E-state index in [1.807, 2.05) is 30.3 Å². The van der Waals surface area contributed by atoms with E-state index in [9.17, 15) is 18.3 Å². The van der Waals surface area contributed by atoms with Gasteiger partial charge < -0.3 is 10.0 Å². The summed E-state index contributed by atoms with van der Waals surface area (Å²) in [6.45, 7) is 1.37. The molecule has 0 aliphatic carbocycles. The van der Waals surface area contributed by atoms with Crippen LogP contribution in [0.4, 0.5) is 18.9 Å². The van der Waals surface area contributed by atoms with Crippen LogP contribution in [0.25, 0.3) is 0 Å². The first-order valence-electron chi connectivity index (χ1n) is 6.97. The fourth-order valence-electron chi connectivity index (χ4n) is 2.69. The summed E-state index contributed by atoms with van der Waals surface area (Å²) in [5.41, 5.74) is 0.168. The highest BCUT2D eigenvalue weighted by atomic mass is 19.4. The maximum absolute atomic E-state index is 12.1. The van der Waals surface area contributed by atoms with Crippen molar-refractivity contribution < 1.29 is 18.3 Å². The summed E-state index contributed by atoms with van der Waals surface area (Å²) >= 11 is 0. The van der Waals surface area contributed by atoms with Gasteiger partial charge in [-0.1, -0.05) is 18.2 Å². The third kappa shape index (κ3) is 4.40. The number of halogens is 3. The van der Waals surface area contributed by atoms with Gasteiger partial charge in [0.15, 0.2) is 0 Å². The highest BCUT2D eigenvalue weighted by Gasteiger charge is 2.34. The minimum Gasteiger partial charge on any atom is -0.390 e. The zero-order valence-corrected chi connectivity index (χ0v) is 11.4. The third-order valence-corrected chi connectivity index (χ3v) is 3.92. The highest BCUT2D eigenvalue weighted by Crippen LogP contribution is 2.32. The van der Waals surface area contributed by atoms with E-state index >= 15 is 0 Å². The monoisotopic (exact) mass is 287 g/mol. The van der Waals surface area contributed by atoms with E-state index < -0.39 is 18.2 Å². The van der Waals surface area contributed by atoms with Crippen molar-refractivity contribution >= 4 is 5.69 Å². The number of para-hydroxylation sites is 1. The van der Waals surface area contributed by atoms with Gasteiger partial charge >= 0.3 is 6.18 Å². The highest BCUT2D eigenvalue weighted by molar-refractivity contribution is 5.46. The van der Waals surface area contributed by atoms with Crippen LogP contribution in [-0.2, 0) is 0 Å². The van der Waals surface area contributed by atoms with Gasteiger partial charge in [0.05, 0.1) is 5.60 Å². The molecule has 1 aliphatic rings. The van der Waals surface area contributed by atoms with Crippen molar-refractivity contribution in [2.75, 3.05) is 18.0 Å². The smallest absolute Gasteiger partial charge is 0.389 e. The Kier molecular flexibility index (Phi) is 4.58. The normalized spacial score (nSPS) is 19.1. The molecule has 5 heteroatoms. The second-order valence-electron chi connectivity index (χ2n) is 5.52. The van der Waals surface area contributed by atoms with Crippen LogP contribution in [0.2, 0.25) is 0 Å². The van der Waals surface area contributed by atoms with Crippen molar-refractivity contribution in [1.29, 1.82) is 0 Å². The van der Waals surface area contributed by atoms with E-state index in [0.717, 1.165) is 5.69 Å². The predicted octanol–water partition coefficient (Wildman–Crippen LogP) is 3.75. The minimum atomic E-state index is -4.12. The second-order valence-corrected chi connectivity index (χ2v) is 5.52. The first-order chi connectivity index (χ1) is 9.38. The van der Waals surface area contributed by atoms with E-state index in [1.54, 1.807) is 0 Å². The van der Waals surface area contributed by atoms with Crippen molar-refractivity contribution in [2.45, 2.75) is 43.9 Å². The molecule has 0 spiro atoms. The lowest BCUT2D eigenvalue weighted by Crippen LogP contribution is -2.44. The molecule has 1 aliphatic heterocycles. The van der Waals surface area contributed by atoms with Gasteiger partial charge in [0.1, 0.15) is 0 Å². The molecule has 1 heterocycles. The Hall–Kier alpha value is -1.23. The number of benzene rings is 1. The van der Waals surface area contributed by atoms with Gasteiger partial charge in [-0.3, -0.25) is 0 Å². The molecule has 1 fully saturated rings. The van der Waals surface area contributed by atoms with Crippen molar-refractivity contribution in [3.05, 3.63) is 30.3 Å². The number of anilines is 1. The van der Waals surface area contributed by atoms with Gasteiger partial charge in [-0.25, -0.2) is 0 Å². The van der Waals surface area contributed by atoms with Crippen LogP contribution >= 0.6 is 0 Å². The molecular weight excluding hydrogens is 267 g/mol. The van der Waals surface area contributed by atoms with Gasteiger partial charge in [-0.05, 0) is 37.8 Å². The molecule has 112 valence electrons. The number of hydrogen-bond donors (Lipinski definition) is 1. The lowest BCUT2D eigenvalue weighted by Gasteiger charge is -2.39. The third-order valence-electron chi connectivity index (χ3n) is 3.92. The molecular formula is C15H20F3NO.